The monoisotopic (exact) mass is 339 g/mol. The fourth-order valence-electron chi connectivity index (χ4n) is 2.56. The van der Waals surface area contributed by atoms with Crippen molar-refractivity contribution in [1.82, 2.24) is 4.90 Å². The summed E-state index contributed by atoms with van der Waals surface area (Å²) in [6.07, 6.45) is 1.55. The number of hydrogen-bond acceptors (Lipinski definition) is 3. The highest BCUT2D eigenvalue weighted by molar-refractivity contribution is 5.94. The Kier molecular flexibility index (Phi) is 5.14. The molecule has 0 aliphatic heterocycles. The molecular formula is C20H18FNO3. The number of hydrogen-bond donors (Lipinski definition) is 0. The molecule has 1 amide bonds. The molecule has 1 aromatic heterocycles. The van der Waals surface area contributed by atoms with Crippen LogP contribution in [-0.2, 0) is 13.1 Å². The number of ether oxygens (including phenoxy) is 1. The quantitative estimate of drug-likeness (QED) is 0.673. The Hall–Kier alpha value is -3.08. The number of carbonyl (C=O) groups is 1. The van der Waals surface area contributed by atoms with Crippen molar-refractivity contribution in [3.63, 3.8) is 0 Å². The molecule has 4 nitrogen and oxygen atoms in total. The van der Waals surface area contributed by atoms with Crippen LogP contribution in [0.4, 0.5) is 4.39 Å². The Balaban J connectivity index is 1.89. The molecule has 0 N–H and O–H groups in total. The maximum absolute atomic E-state index is 14.0. The summed E-state index contributed by atoms with van der Waals surface area (Å²) in [5, 5.41) is 0. The topological polar surface area (TPSA) is 42.7 Å². The van der Waals surface area contributed by atoms with E-state index in [1.54, 1.807) is 72.9 Å². The van der Waals surface area contributed by atoms with E-state index in [-0.39, 0.29) is 24.8 Å². The van der Waals surface area contributed by atoms with E-state index in [1.165, 1.54) is 6.07 Å². The summed E-state index contributed by atoms with van der Waals surface area (Å²) in [5.74, 6) is 0.659. The van der Waals surface area contributed by atoms with E-state index < -0.39 is 0 Å². The minimum absolute atomic E-state index is 0.142. The molecule has 0 aliphatic carbocycles. The molecule has 3 rings (SSSR count). The van der Waals surface area contributed by atoms with E-state index in [0.29, 0.717) is 22.6 Å². The molecule has 128 valence electrons. The number of amides is 1. The fourth-order valence-corrected chi connectivity index (χ4v) is 2.56. The average molecular weight is 339 g/mol. The van der Waals surface area contributed by atoms with Crippen LogP contribution in [0.25, 0.3) is 0 Å². The first-order valence-electron chi connectivity index (χ1n) is 7.86. The van der Waals surface area contributed by atoms with Gasteiger partial charge in [-0.2, -0.15) is 0 Å². The predicted molar refractivity (Wildman–Crippen MR) is 91.7 cm³/mol. The number of nitrogens with zero attached hydrogens (tertiary/aromatic N) is 1. The number of rotatable bonds is 6. The molecule has 0 saturated carbocycles. The van der Waals surface area contributed by atoms with Crippen LogP contribution in [-0.4, -0.2) is 17.9 Å². The molecule has 0 fully saturated rings. The van der Waals surface area contributed by atoms with Gasteiger partial charge in [0.15, 0.2) is 0 Å². The van der Waals surface area contributed by atoms with Crippen LogP contribution < -0.4 is 4.74 Å². The van der Waals surface area contributed by atoms with Gasteiger partial charge in [0.05, 0.1) is 19.9 Å². The van der Waals surface area contributed by atoms with Crippen molar-refractivity contribution in [2.75, 3.05) is 7.11 Å². The Morgan fingerprint density at radius 2 is 1.92 bits per heavy atom. The van der Waals surface area contributed by atoms with Crippen molar-refractivity contribution in [2.45, 2.75) is 13.1 Å². The van der Waals surface area contributed by atoms with E-state index in [9.17, 15) is 9.18 Å². The van der Waals surface area contributed by atoms with Crippen LogP contribution in [0.3, 0.4) is 0 Å². The maximum Gasteiger partial charge on any atom is 0.254 e. The normalized spacial score (nSPS) is 10.5. The van der Waals surface area contributed by atoms with Gasteiger partial charge >= 0.3 is 0 Å². The van der Waals surface area contributed by atoms with Gasteiger partial charge < -0.3 is 14.1 Å². The van der Waals surface area contributed by atoms with E-state index in [0.717, 1.165) is 0 Å². The number of carbonyl (C=O) groups excluding carboxylic acids is 1. The predicted octanol–water partition coefficient (Wildman–Crippen LogP) is 4.27. The Labute approximate surface area is 145 Å². The van der Waals surface area contributed by atoms with Gasteiger partial charge in [-0.3, -0.25) is 4.79 Å². The molecule has 0 aliphatic rings. The highest BCUT2D eigenvalue weighted by atomic mass is 19.1. The van der Waals surface area contributed by atoms with Gasteiger partial charge in [0.2, 0.25) is 0 Å². The number of methoxy groups -OCH3 is 1. The van der Waals surface area contributed by atoms with Crippen molar-refractivity contribution in [2.24, 2.45) is 0 Å². The molecule has 0 radical (unpaired) electrons. The zero-order valence-electron chi connectivity index (χ0n) is 13.8. The van der Waals surface area contributed by atoms with Gasteiger partial charge in [-0.1, -0.05) is 24.3 Å². The third-order valence-electron chi connectivity index (χ3n) is 3.85. The van der Waals surface area contributed by atoms with Gasteiger partial charge in [0.1, 0.15) is 17.3 Å². The molecular weight excluding hydrogens is 321 g/mol. The third kappa shape index (κ3) is 4.07. The van der Waals surface area contributed by atoms with Crippen molar-refractivity contribution in [1.29, 1.82) is 0 Å². The molecule has 0 bridgehead atoms. The first kappa shape index (κ1) is 16.8. The average Bonchev–Trinajstić information content (AvgIpc) is 3.15. The second-order valence-corrected chi connectivity index (χ2v) is 5.56. The smallest absolute Gasteiger partial charge is 0.254 e. The minimum atomic E-state index is -0.342. The summed E-state index contributed by atoms with van der Waals surface area (Å²) in [5.41, 5.74) is 0.924. The molecule has 1 heterocycles. The van der Waals surface area contributed by atoms with Crippen LogP contribution >= 0.6 is 0 Å². The van der Waals surface area contributed by atoms with Gasteiger partial charge in [-0.15, -0.1) is 0 Å². The number of halogens is 1. The Bertz CT molecular complexity index is 846. The van der Waals surface area contributed by atoms with E-state index in [4.69, 9.17) is 9.15 Å². The third-order valence-corrected chi connectivity index (χ3v) is 3.85. The molecule has 0 spiro atoms. The number of benzene rings is 2. The van der Waals surface area contributed by atoms with Gasteiger partial charge in [0.25, 0.3) is 5.91 Å². The first-order chi connectivity index (χ1) is 12.2. The minimum Gasteiger partial charge on any atom is -0.497 e. The van der Waals surface area contributed by atoms with Gasteiger partial charge in [-0.25, -0.2) is 4.39 Å². The van der Waals surface area contributed by atoms with Crippen LogP contribution in [0.2, 0.25) is 0 Å². The summed E-state index contributed by atoms with van der Waals surface area (Å²) >= 11 is 0. The lowest BCUT2D eigenvalue weighted by molar-refractivity contribution is 0.0715. The molecule has 3 aromatic rings. The molecule has 2 aromatic carbocycles. The summed E-state index contributed by atoms with van der Waals surface area (Å²) in [6, 6.07) is 16.9. The van der Waals surface area contributed by atoms with Crippen LogP contribution in [0.1, 0.15) is 21.7 Å². The molecule has 0 atom stereocenters. The van der Waals surface area contributed by atoms with Crippen molar-refractivity contribution >= 4 is 5.91 Å². The van der Waals surface area contributed by atoms with E-state index >= 15 is 0 Å². The van der Waals surface area contributed by atoms with Gasteiger partial charge in [0, 0.05) is 17.7 Å². The first-order valence-corrected chi connectivity index (χ1v) is 7.86. The highest BCUT2D eigenvalue weighted by Crippen LogP contribution is 2.19. The standard InChI is InChI=1S/C20H18FNO3/c1-24-17-8-4-7-15(12-17)20(23)22(14-18-9-5-11-25-18)13-16-6-2-3-10-19(16)21/h2-12H,13-14H2,1H3. The maximum atomic E-state index is 14.0. The molecule has 25 heavy (non-hydrogen) atoms. The van der Waals surface area contributed by atoms with Crippen LogP contribution in [0, 0.1) is 5.82 Å². The molecule has 0 unspecified atom stereocenters. The van der Waals surface area contributed by atoms with Crippen molar-refractivity contribution in [3.05, 3.63) is 89.6 Å². The van der Waals surface area contributed by atoms with Crippen LogP contribution in [0.15, 0.2) is 71.3 Å². The summed E-state index contributed by atoms with van der Waals surface area (Å²) < 4.78 is 24.6. The van der Waals surface area contributed by atoms with Crippen molar-refractivity contribution < 1.29 is 18.3 Å². The van der Waals surface area contributed by atoms with Gasteiger partial charge in [-0.05, 0) is 36.4 Å². The summed E-state index contributed by atoms with van der Waals surface area (Å²) in [7, 11) is 1.55. The lowest BCUT2D eigenvalue weighted by Crippen LogP contribution is -2.30. The second kappa shape index (κ2) is 7.66. The lowest BCUT2D eigenvalue weighted by atomic mass is 10.1. The summed E-state index contributed by atoms with van der Waals surface area (Å²) in [4.78, 5) is 14.5. The zero-order valence-corrected chi connectivity index (χ0v) is 13.8. The largest absolute Gasteiger partial charge is 0.497 e. The zero-order chi connectivity index (χ0) is 17.6. The molecule has 5 heteroatoms. The molecule has 0 saturated heterocycles. The second-order valence-electron chi connectivity index (χ2n) is 5.56. The SMILES string of the molecule is COc1cccc(C(=O)N(Cc2ccco2)Cc2ccccc2F)c1. The van der Waals surface area contributed by atoms with Crippen molar-refractivity contribution in [3.8, 4) is 5.75 Å². The Morgan fingerprint density at radius 1 is 1.08 bits per heavy atom. The number of furan rings is 1. The van der Waals surface area contributed by atoms with E-state index in [1.807, 2.05) is 0 Å². The van der Waals surface area contributed by atoms with Crippen LogP contribution in [0.5, 0.6) is 5.75 Å². The highest BCUT2D eigenvalue weighted by Gasteiger charge is 2.19. The fraction of sp³-hybridized carbons (Fsp3) is 0.150. The Morgan fingerprint density at radius 3 is 2.64 bits per heavy atom. The van der Waals surface area contributed by atoms with E-state index in [2.05, 4.69) is 0 Å². The summed E-state index contributed by atoms with van der Waals surface area (Å²) in [6.45, 7) is 0.390. The lowest BCUT2D eigenvalue weighted by Gasteiger charge is -2.22.